The van der Waals surface area contributed by atoms with E-state index in [1.54, 1.807) is 24.3 Å². The van der Waals surface area contributed by atoms with E-state index < -0.39 is 10.0 Å². The monoisotopic (exact) mass is 391 g/mol. The molecule has 0 amide bonds. The minimum Gasteiger partial charge on any atom is -0.332 e. The van der Waals surface area contributed by atoms with Crippen LogP contribution in [0, 0.1) is 13.8 Å². The van der Waals surface area contributed by atoms with Gasteiger partial charge in [0.1, 0.15) is 0 Å². The van der Waals surface area contributed by atoms with Gasteiger partial charge < -0.3 is 10.6 Å². The molecule has 140 valence electrons. The highest BCUT2D eigenvalue weighted by molar-refractivity contribution is 7.89. The number of hydrogen-bond donors (Lipinski definition) is 2. The summed E-state index contributed by atoms with van der Waals surface area (Å²) < 4.78 is 26.4. The molecule has 2 aromatic rings. The number of rotatable bonds is 6. The lowest BCUT2D eigenvalue weighted by atomic mass is 10.1. The first-order chi connectivity index (χ1) is 12.3. The lowest BCUT2D eigenvalue weighted by Gasteiger charge is -2.18. The number of aryl methyl sites for hydroxylation is 2. The minimum atomic E-state index is -3.45. The van der Waals surface area contributed by atoms with Gasteiger partial charge in [-0.3, -0.25) is 0 Å². The van der Waals surface area contributed by atoms with Crippen molar-refractivity contribution in [1.29, 1.82) is 0 Å². The standard InChI is InChI=1S/C19H25N3O2S2/c1-5-22(6-2)26(23,24)17-11-9-16(10-12-17)20-19(25)21-18-13-14(3)7-8-15(18)4/h7-13H,5-6H2,1-4H3,(H2,20,21,25). The molecule has 0 heterocycles. The van der Waals surface area contributed by atoms with Gasteiger partial charge in [-0.1, -0.05) is 26.0 Å². The number of thiocarbonyl (C=S) groups is 1. The molecule has 2 aromatic carbocycles. The molecule has 0 aliphatic rings. The maximum atomic E-state index is 12.5. The third kappa shape index (κ3) is 4.81. The lowest BCUT2D eigenvalue weighted by Crippen LogP contribution is -2.30. The number of benzene rings is 2. The largest absolute Gasteiger partial charge is 0.332 e. The fourth-order valence-electron chi connectivity index (χ4n) is 2.58. The second kappa shape index (κ2) is 8.62. The Morgan fingerprint density at radius 2 is 1.62 bits per heavy atom. The number of nitrogens with one attached hydrogen (secondary N) is 2. The topological polar surface area (TPSA) is 61.4 Å². The van der Waals surface area contributed by atoms with Gasteiger partial charge in [-0.2, -0.15) is 4.31 Å². The van der Waals surface area contributed by atoms with E-state index >= 15 is 0 Å². The molecule has 0 aliphatic carbocycles. The second-order valence-electron chi connectivity index (χ2n) is 6.01. The third-order valence-corrected chi connectivity index (χ3v) is 6.36. The van der Waals surface area contributed by atoms with Gasteiger partial charge in [0.15, 0.2) is 5.11 Å². The summed E-state index contributed by atoms with van der Waals surface area (Å²) in [4.78, 5) is 0.278. The Bertz CT molecular complexity index is 874. The van der Waals surface area contributed by atoms with Crippen LogP contribution in [0.2, 0.25) is 0 Å². The predicted molar refractivity (Wildman–Crippen MR) is 112 cm³/mol. The third-order valence-electron chi connectivity index (χ3n) is 4.10. The summed E-state index contributed by atoms with van der Waals surface area (Å²) in [6.45, 7) is 8.58. The zero-order chi connectivity index (χ0) is 19.3. The van der Waals surface area contributed by atoms with Crippen LogP contribution in [-0.4, -0.2) is 30.9 Å². The van der Waals surface area contributed by atoms with Crippen molar-refractivity contribution < 1.29 is 8.42 Å². The molecule has 0 radical (unpaired) electrons. The predicted octanol–water partition coefficient (Wildman–Crippen LogP) is 4.14. The summed E-state index contributed by atoms with van der Waals surface area (Å²) in [6, 6.07) is 12.7. The van der Waals surface area contributed by atoms with Crippen molar-refractivity contribution in [3.63, 3.8) is 0 Å². The molecule has 0 saturated carbocycles. The van der Waals surface area contributed by atoms with E-state index in [4.69, 9.17) is 12.2 Å². The van der Waals surface area contributed by atoms with Crippen molar-refractivity contribution in [3.8, 4) is 0 Å². The molecule has 0 unspecified atom stereocenters. The average molecular weight is 392 g/mol. The van der Waals surface area contributed by atoms with E-state index in [0.29, 0.717) is 18.2 Å². The van der Waals surface area contributed by atoms with Crippen molar-refractivity contribution in [2.45, 2.75) is 32.6 Å². The van der Waals surface area contributed by atoms with E-state index in [9.17, 15) is 8.42 Å². The van der Waals surface area contributed by atoms with Gasteiger partial charge in [0.05, 0.1) is 4.90 Å². The van der Waals surface area contributed by atoms with Crippen molar-refractivity contribution >= 4 is 38.7 Å². The second-order valence-corrected chi connectivity index (χ2v) is 8.36. The van der Waals surface area contributed by atoms with Crippen molar-refractivity contribution in [3.05, 3.63) is 53.6 Å². The number of sulfonamides is 1. The quantitative estimate of drug-likeness (QED) is 0.725. The normalized spacial score (nSPS) is 11.4. The van der Waals surface area contributed by atoms with Crippen molar-refractivity contribution in [2.75, 3.05) is 23.7 Å². The molecule has 0 bridgehead atoms. The van der Waals surface area contributed by atoms with Crippen LogP contribution in [0.1, 0.15) is 25.0 Å². The molecule has 2 rings (SSSR count). The van der Waals surface area contributed by atoms with E-state index in [1.165, 1.54) is 4.31 Å². The first kappa shape index (κ1) is 20.4. The number of nitrogens with zero attached hydrogens (tertiary/aromatic N) is 1. The van der Waals surface area contributed by atoms with Crippen LogP contribution in [0.25, 0.3) is 0 Å². The van der Waals surface area contributed by atoms with E-state index in [1.807, 2.05) is 45.9 Å². The van der Waals surface area contributed by atoms with Gasteiger partial charge in [0, 0.05) is 24.5 Å². The summed E-state index contributed by atoms with van der Waals surface area (Å²) in [6.07, 6.45) is 0. The summed E-state index contributed by atoms with van der Waals surface area (Å²) in [7, 11) is -3.45. The zero-order valence-corrected chi connectivity index (χ0v) is 17.2. The Kier molecular flexibility index (Phi) is 6.75. The van der Waals surface area contributed by atoms with E-state index in [2.05, 4.69) is 10.6 Å². The first-order valence-corrected chi connectivity index (χ1v) is 10.4. The fraction of sp³-hybridized carbons (Fsp3) is 0.316. The minimum absolute atomic E-state index is 0.278. The molecule has 26 heavy (non-hydrogen) atoms. The first-order valence-electron chi connectivity index (χ1n) is 8.53. The van der Waals surface area contributed by atoms with Crippen LogP contribution < -0.4 is 10.6 Å². The Labute approximate surface area is 161 Å². The van der Waals surface area contributed by atoms with Crippen LogP contribution in [0.3, 0.4) is 0 Å². The van der Waals surface area contributed by atoms with Gasteiger partial charge in [0.25, 0.3) is 0 Å². The lowest BCUT2D eigenvalue weighted by molar-refractivity contribution is 0.445. The van der Waals surface area contributed by atoms with E-state index in [-0.39, 0.29) is 4.90 Å². The molecule has 0 aliphatic heterocycles. The Morgan fingerprint density at radius 1 is 1.00 bits per heavy atom. The van der Waals surface area contributed by atoms with Crippen molar-refractivity contribution in [1.82, 2.24) is 4.31 Å². The van der Waals surface area contributed by atoms with E-state index in [0.717, 1.165) is 22.5 Å². The molecule has 0 aromatic heterocycles. The summed E-state index contributed by atoms with van der Waals surface area (Å²) in [5.41, 5.74) is 3.92. The zero-order valence-electron chi connectivity index (χ0n) is 15.5. The average Bonchev–Trinajstić information content (AvgIpc) is 2.59. The highest BCUT2D eigenvalue weighted by atomic mass is 32.2. The summed E-state index contributed by atoms with van der Waals surface area (Å²) in [5, 5.41) is 6.72. The molecule has 0 fully saturated rings. The van der Waals surface area contributed by atoms with Gasteiger partial charge in [0.2, 0.25) is 10.0 Å². The summed E-state index contributed by atoms with van der Waals surface area (Å²) in [5.74, 6) is 0. The van der Waals surface area contributed by atoms with Gasteiger partial charge in [-0.05, 0) is 67.5 Å². The van der Waals surface area contributed by atoms with Crippen LogP contribution in [0.4, 0.5) is 11.4 Å². The van der Waals surface area contributed by atoms with Crippen LogP contribution in [0.15, 0.2) is 47.4 Å². The molecule has 5 nitrogen and oxygen atoms in total. The fourth-order valence-corrected chi connectivity index (χ4v) is 4.26. The number of hydrogen-bond acceptors (Lipinski definition) is 3. The van der Waals surface area contributed by atoms with Gasteiger partial charge >= 0.3 is 0 Å². The molecule has 0 atom stereocenters. The van der Waals surface area contributed by atoms with Gasteiger partial charge in [-0.15, -0.1) is 0 Å². The highest BCUT2D eigenvalue weighted by Gasteiger charge is 2.21. The van der Waals surface area contributed by atoms with Crippen LogP contribution in [0.5, 0.6) is 0 Å². The maximum Gasteiger partial charge on any atom is 0.243 e. The molecule has 7 heteroatoms. The molecule has 0 saturated heterocycles. The molecule has 0 spiro atoms. The Balaban J connectivity index is 2.09. The number of anilines is 2. The molecule has 2 N–H and O–H groups in total. The Morgan fingerprint density at radius 3 is 2.19 bits per heavy atom. The van der Waals surface area contributed by atoms with Crippen molar-refractivity contribution in [2.24, 2.45) is 0 Å². The Hall–Kier alpha value is -1.96. The molecular weight excluding hydrogens is 366 g/mol. The smallest absolute Gasteiger partial charge is 0.243 e. The van der Waals surface area contributed by atoms with Gasteiger partial charge in [-0.25, -0.2) is 8.42 Å². The van der Waals surface area contributed by atoms with Crippen LogP contribution >= 0.6 is 12.2 Å². The summed E-state index contributed by atoms with van der Waals surface area (Å²) >= 11 is 5.36. The molecular formula is C19H25N3O2S2. The maximum absolute atomic E-state index is 12.5. The SMILES string of the molecule is CCN(CC)S(=O)(=O)c1ccc(NC(=S)Nc2cc(C)ccc2C)cc1. The highest BCUT2D eigenvalue weighted by Crippen LogP contribution is 2.20. The van der Waals surface area contributed by atoms with Crippen LogP contribution in [-0.2, 0) is 10.0 Å².